The fraction of sp³-hybridized carbons (Fsp3) is 0.353. The quantitative estimate of drug-likeness (QED) is 0.880. The Kier molecular flexibility index (Phi) is 4.63. The van der Waals surface area contributed by atoms with Crippen molar-refractivity contribution in [3.05, 3.63) is 51.7 Å². The number of hydrogen-bond acceptors (Lipinski definition) is 3. The number of hydrogen-bond donors (Lipinski definition) is 1. The number of benzene rings is 1. The van der Waals surface area contributed by atoms with Gasteiger partial charge in [0.1, 0.15) is 12.4 Å². The Bertz CT molecular complexity index is 654. The maximum Gasteiger partial charge on any atom is 0.317 e. The molecule has 2 amide bonds. The molecule has 0 spiro atoms. The zero-order valence-corrected chi connectivity index (χ0v) is 13.5. The van der Waals surface area contributed by atoms with E-state index in [1.165, 1.54) is 16.0 Å². The van der Waals surface area contributed by atoms with Crippen LogP contribution >= 0.6 is 11.3 Å². The third-order valence-corrected chi connectivity index (χ3v) is 4.75. The molecule has 22 heavy (non-hydrogen) atoms. The summed E-state index contributed by atoms with van der Waals surface area (Å²) in [7, 11) is 0. The molecular weight excluding hydrogens is 296 g/mol. The summed E-state index contributed by atoms with van der Waals surface area (Å²) in [5.74, 6) is 0.843. The van der Waals surface area contributed by atoms with Crippen molar-refractivity contribution < 1.29 is 9.53 Å². The molecule has 0 aliphatic carbocycles. The Balaban J connectivity index is 1.41. The molecule has 5 heteroatoms. The van der Waals surface area contributed by atoms with Gasteiger partial charge in [0.15, 0.2) is 0 Å². The van der Waals surface area contributed by atoms with Crippen LogP contribution in [-0.4, -0.2) is 30.6 Å². The lowest BCUT2D eigenvalue weighted by atomic mass is 10.1. The SMILES string of the molecule is Cc1cccc(OCCNC(=O)N2CCc3sccc3C2)c1. The van der Waals surface area contributed by atoms with Crippen LogP contribution in [0.1, 0.15) is 16.0 Å². The molecule has 4 nitrogen and oxygen atoms in total. The fourth-order valence-corrected chi connectivity index (χ4v) is 3.46. The summed E-state index contributed by atoms with van der Waals surface area (Å²) in [6.45, 7) is 4.53. The highest BCUT2D eigenvalue weighted by molar-refractivity contribution is 7.10. The second-order valence-corrected chi connectivity index (χ2v) is 6.44. The molecule has 0 bridgehead atoms. The van der Waals surface area contributed by atoms with Gasteiger partial charge in [-0.15, -0.1) is 11.3 Å². The van der Waals surface area contributed by atoms with Gasteiger partial charge in [0.25, 0.3) is 0 Å². The first-order valence-electron chi connectivity index (χ1n) is 7.50. The van der Waals surface area contributed by atoms with Crippen molar-refractivity contribution in [3.63, 3.8) is 0 Å². The van der Waals surface area contributed by atoms with E-state index in [4.69, 9.17) is 4.74 Å². The first-order chi connectivity index (χ1) is 10.7. The van der Waals surface area contributed by atoms with E-state index in [0.717, 1.165) is 18.7 Å². The summed E-state index contributed by atoms with van der Waals surface area (Å²) >= 11 is 1.78. The Morgan fingerprint density at radius 1 is 1.41 bits per heavy atom. The van der Waals surface area contributed by atoms with E-state index in [1.807, 2.05) is 36.1 Å². The number of nitrogens with zero attached hydrogens (tertiary/aromatic N) is 1. The Morgan fingerprint density at radius 2 is 2.32 bits per heavy atom. The second kappa shape index (κ2) is 6.83. The number of carbonyl (C=O) groups is 1. The summed E-state index contributed by atoms with van der Waals surface area (Å²) in [6, 6.07) is 10.0. The van der Waals surface area contributed by atoms with Crippen molar-refractivity contribution in [2.24, 2.45) is 0 Å². The third-order valence-electron chi connectivity index (χ3n) is 3.73. The van der Waals surface area contributed by atoms with Gasteiger partial charge in [-0.3, -0.25) is 0 Å². The lowest BCUT2D eigenvalue weighted by Crippen LogP contribution is -2.43. The molecule has 1 aliphatic heterocycles. The Labute approximate surface area is 134 Å². The molecule has 0 saturated carbocycles. The van der Waals surface area contributed by atoms with Gasteiger partial charge in [-0.05, 0) is 48.1 Å². The van der Waals surface area contributed by atoms with Crippen LogP contribution in [0, 0.1) is 6.92 Å². The van der Waals surface area contributed by atoms with Crippen LogP contribution in [0.3, 0.4) is 0 Å². The number of urea groups is 1. The molecule has 3 rings (SSSR count). The van der Waals surface area contributed by atoms with Gasteiger partial charge >= 0.3 is 6.03 Å². The molecule has 0 saturated heterocycles. The van der Waals surface area contributed by atoms with Crippen molar-refractivity contribution >= 4 is 17.4 Å². The molecule has 0 fully saturated rings. The third kappa shape index (κ3) is 3.60. The molecule has 0 unspecified atom stereocenters. The average molecular weight is 316 g/mol. The minimum atomic E-state index is -0.00954. The predicted molar refractivity (Wildman–Crippen MR) is 88.5 cm³/mol. The van der Waals surface area contributed by atoms with E-state index in [2.05, 4.69) is 16.8 Å². The summed E-state index contributed by atoms with van der Waals surface area (Å²) in [5.41, 5.74) is 2.45. The highest BCUT2D eigenvalue weighted by Gasteiger charge is 2.20. The van der Waals surface area contributed by atoms with Crippen molar-refractivity contribution in [1.29, 1.82) is 0 Å². The molecule has 1 aromatic carbocycles. The van der Waals surface area contributed by atoms with Crippen molar-refractivity contribution in [3.8, 4) is 5.75 Å². The van der Waals surface area contributed by atoms with Crippen LogP contribution < -0.4 is 10.1 Å². The van der Waals surface area contributed by atoms with Crippen LogP contribution in [0.15, 0.2) is 35.7 Å². The standard InChI is InChI=1S/C17H20N2O2S/c1-13-3-2-4-15(11-13)21-9-7-18-17(20)19-8-5-16-14(12-19)6-10-22-16/h2-4,6,10-11H,5,7-9,12H2,1H3,(H,18,20). The van der Waals surface area contributed by atoms with E-state index < -0.39 is 0 Å². The number of amides is 2. The van der Waals surface area contributed by atoms with Crippen molar-refractivity contribution in [2.75, 3.05) is 19.7 Å². The number of ether oxygens (including phenoxy) is 1. The summed E-state index contributed by atoms with van der Waals surface area (Å²) in [5, 5.41) is 5.02. The zero-order valence-electron chi connectivity index (χ0n) is 12.7. The molecule has 1 N–H and O–H groups in total. The number of rotatable bonds is 4. The van der Waals surface area contributed by atoms with Crippen LogP contribution in [0.4, 0.5) is 4.79 Å². The molecule has 2 heterocycles. The smallest absolute Gasteiger partial charge is 0.317 e. The van der Waals surface area contributed by atoms with Gasteiger partial charge in [0.05, 0.1) is 6.54 Å². The minimum Gasteiger partial charge on any atom is -0.492 e. The number of aryl methyl sites for hydroxylation is 1. The number of nitrogens with one attached hydrogen (secondary N) is 1. The molecule has 0 atom stereocenters. The molecule has 1 aliphatic rings. The van der Waals surface area contributed by atoms with Gasteiger partial charge in [0, 0.05) is 18.0 Å². The normalized spacial score (nSPS) is 13.6. The van der Waals surface area contributed by atoms with E-state index in [1.54, 1.807) is 11.3 Å². The van der Waals surface area contributed by atoms with Crippen LogP contribution in [0.25, 0.3) is 0 Å². The summed E-state index contributed by atoms with van der Waals surface area (Å²) in [6.07, 6.45) is 0.959. The highest BCUT2D eigenvalue weighted by atomic mass is 32.1. The maximum absolute atomic E-state index is 12.2. The minimum absolute atomic E-state index is 0.00954. The fourth-order valence-electron chi connectivity index (χ4n) is 2.57. The van der Waals surface area contributed by atoms with Crippen molar-refractivity contribution in [2.45, 2.75) is 19.9 Å². The largest absolute Gasteiger partial charge is 0.492 e. The first-order valence-corrected chi connectivity index (χ1v) is 8.38. The van der Waals surface area contributed by atoms with Crippen LogP contribution in [0.2, 0.25) is 0 Å². The molecular formula is C17H20N2O2S. The second-order valence-electron chi connectivity index (χ2n) is 5.44. The van der Waals surface area contributed by atoms with E-state index >= 15 is 0 Å². The summed E-state index contributed by atoms with van der Waals surface area (Å²) in [4.78, 5) is 15.4. The lowest BCUT2D eigenvalue weighted by molar-refractivity contribution is 0.190. The molecule has 1 aromatic heterocycles. The predicted octanol–water partition coefficient (Wildman–Crippen LogP) is 3.20. The molecule has 0 radical (unpaired) electrons. The monoisotopic (exact) mass is 316 g/mol. The Hall–Kier alpha value is -2.01. The van der Waals surface area contributed by atoms with Gasteiger partial charge < -0.3 is 15.0 Å². The Morgan fingerprint density at radius 3 is 3.18 bits per heavy atom. The van der Waals surface area contributed by atoms with E-state index in [-0.39, 0.29) is 6.03 Å². The van der Waals surface area contributed by atoms with Gasteiger partial charge in [-0.2, -0.15) is 0 Å². The van der Waals surface area contributed by atoms with E-state index in [9.17, 15) is 4.79 Å². The van der Waals surface area contributed by atoms with E-state index in [0.29, 0.717) is 19.7 Å². The maximum atomic E-state index is 12.2. The topological polar surface area (TPSA) is 41.6 Å². The van der Waals surface area contributed by atoms with Gasteiger partial charge in [0.2, 0.25) is 0 Å². The molecule has 2 aromatic rings. The van der Waals surface area contributed by atoms with Crippen LogP contribution in [-0.2, 0) is 13.0 Å². The summed E-state index contributed by atoms with van der Waals surface area (Å²) < 4.78 is 5.64. The number of carbonyl (C=O) groups excluding carboxylic acids is 1. The van der Waals surface area contributed by atoms with Gasteiger partial charge in [-0.1, -0.05) is 12.1 Å². The zero-order chi connectivity index (χ0) is 15.4. The van der Waals surface area contributed by atoms with Crippen LogP contribution in [0.5, 0.6) is 5.75 Å². The van der Waals surface area contributed by atoms with Gasteiger partial charge in [-0.25, -0.2) is 4.79 Å². The number of thiophene rings is 1. The lowest BCUT2D eigenvalue weighted by Gasteiger charge is -2.27. The highest BCUT2D eigenvalue weighted by Crippen LogP contribution is 2.23. The average Bonchev–Trinajstić information content (AvgIpc) is 2.99. The first kappa shape index (κ1) is 14.9. The molecule has 116 valence electrons. The van der Waals surface area contributed by atoms with Crippen molar-refractivity contribution in [1.82, 2.24) is 10.2 Å². The number of fused-ring (bicyclic) bond motifs is 1.